The van der Waals surface area contributed by atoms with Crippen molar-refractivity contribution in [2.24, 2.45) is 0 Å². The summed E-state index contributed by atoms with van der Waals surface area (Å²) in [4.78, 5) is 4.18. The number of rotatable bonds is 0. The van der Waals surface area contributed by atoms with Gasteiger partial charge in [0.15, 0.2) is 0 Å². The van der Waals surface area contributed by atoms with Crippen molar-refractivity contribution >= 4 is 10.9 Å². The van der Waals surface area contributed by atoms with Crippen molar-refractivity contribution in [3.63, 3.8) is 0 Å². The van der Waals surface area contributed by atoms with Gasteiger partial charge in [0.2, 0.25) is 0 Å². The Hall–Kier alpha value is -1.46. The molecule has 0 aliphatic heterocycles. The maximum atomic E-state index is 8.52. The van der Waals surface area contributed by atoms with Gasteiger partial charge >= 0.3 is 48.5 Å². The Morgan fingerprint density at radius 3 is 1.48 bits per heavy atom. The third kappa shape index (κ3) is 52.7. The minimum atomic E-state index is -0.500. The van der Waals surface area contributed by atoms with Crippen molar-refractivity contribution in [3.8, 4) is 16.0 Å². The van der Waals surface area contributed by atoms with Crippen LogP contribution in [0.25, 0.3) is 10.9 Å². The molecule has 1 heterocycles. The molecule has 31 heavy (non-hydrogen) atoms. The first-order valence-corrected chi connectivity index (χ1v) is 11.7. The van der Waals surface area contributed by atoms with Gasteiger partial charge < -0.3 is 15.3 Å². The summed E-state index contributed by atoms with van der Waals surface area (Å²) in [6, 6.07) is 12.1. The first-order chi connectivity index (χ1) is 13.9. The van der Waals surface area contributed by atoms with Crippen molar-refractivity contribution in [1.82, 2.24) is 4.98 Å². The zero-order valence-electron chi connectivity index (χ0n) is 20.9. The predicted octanol–water partition coefficient (Wildman–Crippen LogP) is 5.47. The molecule has 0 radical (unpaired) electrons. The van der Waals surface area contributed by atoms with Crippen LogP contribution in [0.5, 0.6) is 0 Å². The zero-order valence-corrected chi connectivity index (χ0v) is 23.9. The van der Waals surface area contributed by atoms with E-state index in [9.17, 15) is 0 Å². The molecule has 3 N–H and O–H groups in total. The second-order valence-corrected chi connectivity index (χ2v) is 10.2. The molecule has 1 aromatic heterocycles. The Bertz CT molecular complexity index is 684. The van der Waals surface area contributed by atoms with Gasteiger partial charge in [0, 0.05) is 11.6 Å². The average molecular weight is 600 g/mol. The van der Waals surface area contributed by atoms with E-state index in [2.05, 4.69) is 33.2 Å². The monoisotopic (exact) mass is 600 g/mol. The summed E-state index contributed by atoms with van der Waals surface area (Å²) in [7, 11) is 0. The number of para-hydroxylation sites is 1. The van der Waals surface area contributed by atoms with Gasteiger partial charge in [0.25, 0.3) is 0 Å². The number of aliphatic hydroxyl groups is 3. The van der Waals surface area contributed by atoms with Gasteiger partial charge in [0.1, 0.15) is 0 Å². The first-order valence-electron chi connectivity index (χ1n) is 10.2. The van der Waals surface area contributed by atoms with Gasteiger partial charge in [-0.3, -0.25) is 4.98 Å². The van der Waals surface area contributed by atoms with E-state index in [4.69, 9.17) is 15.3 Å². The normalized spacial score (nSPS) is 9.94. The Morgan fingerprint density at radius 2 is 1.16 bits per heavy atom. The molecule has 5 heteroatoms. The van der Waals surface area contributed by atoms with Crippen molar-refractivity contribution < 1.29 is 34.5 Å². The molecule has 0 saturated carbocycles. The van der Waals surface area contributed by atoms with Crippen LogP contribution in [0.1, 0.15) is 75.7 Å². The zero-order chi connectivity index (χ0) is 25.1. The van der Waals surface area contributed by atoms with E-state index in [0.717, 1.165) is 11.9 Å². The number of hydrogen-bond acceptors (Lipinski definition) is 4. The average Bonchev–Trinajstić information content (AvgIpc) is 2.56. The molecule has 0 saturated heterocycles. The smallest absolute Gasteiger partial charge is 0.0701 e. The summed E-state index contributed by atoms with van der Waals surface area (Å²) in [5.74, 6) is 5.59. The summed E-state index contributed by atoms with van der Waals surface area (Å²) >= 11 is 1.31. The van der Waals surface area contributed by atoms with Crippen molar-refractivity contribution in [1.29, 1.82) is 0 Å². The number of nitrogens with zero attached hydrogens (tertiary/aromatic N) is 1. The second kappa shape index (κ2) is 18.1. The molecular weight excluding hydrogens is 558 g/mol. The molecule has 0 fully saturated rings. The van der Waals surface area contributed by atoms with Crippen LogP contribution in [0.15, 0.2) is 42.6 Å². The maximum absolute atomic E-state index is 8.52. The molecule has 2 rings (SSSR count). The predicted molar refractivity (Wildman–Crippen MR) is 130 cm³/mol. The minimum absolute atomic E-state index is 0.500. The first kappa shape index (κ1) is 34.2. The van der Waals surface area contributed by atoms with Crippen LogP contribution in [0.2, 0.25) is 0 Å². The summed E-state index contributed by atoms with van der Waals surface area (Å²) < 4.78 is 2.79. The van der Waals surface area contributed by atoms with Crippen LogP contribution < -0.4 is 0 Å². The molecular formula is C26H42NO3W. The topological polar surface area (TPSA) is 73.6 Å². The fourth-order valence-electron chi connectivity index (χ4n) is 1.14. The molecule has 0 unspecified atom stereocenters. The van der Waals surface area contributed by atoms with Crippen LogP contribution in [0.4, 0.5) is 0 Å². The van der Waals surface area contributed by atoms with Crippen molar-refractivity contribution in [3.05, 3.63) is 42.6 Å². The number of fused-ring (bicyclic) bond motifs is 1. The van der Waals surface area contributed by atoms with Crippen LogP contribution >= 0.6 is 0 Å². The van der Waals surface area contributed by atoms with Gasteiger partial charge in [-0.1, -0.05) is 24.3 Å². The van der Waals surface area contributed by atoms with Crippen LogP contribution in [0, 0.1) is 16.0 Å². The molecule has 0 amide bonds. The Kier molecular flexibility index (Phi) is 20.0. The Morgan fingerprint density at radius 1 is 0.774 bits per heavy atom. The van der Waals surface area contributed by atoms with E-state index in [1.807, 2.05) is 37.4 Å². The van der Waals surface area contributed by atoms with Gasteiger partial charge in [-0.2, -0.15) is 0 Å². The quantitative estimate of drug-likeness (QED) is 0.351. The van der Waals surface area contributed by atoms with E-state index in [-0.39, 0.29) is 0 Å². The van der Waals surface area contributed by atoms with Gasteiger partial charge in [-0.05, 0) is 74.4 Å². The van der Waals surface area contributed by atoms with Crippen LogP contribution in [-0.2, 0) is 19.2 Å². The summed E-state index contributed by atoms with van der Waals surface area (Å²) in [5.41, 5.74) is -0.440. The third-order valence-corrected chi connectivity index (χ3v) is 2.20. The molecule has 0 spiro atoms. The maximum Gasteiger partial charge on any atom is 0.0701 e. The van der Waals surface area contributed by atoms with E-state index in [1.165, 1.54) is 24.5 Å². The van der Waals surface area contributed by atoms with Crippen LogP contribution in [-0.4, -0.2) is 37.1 Å². The van der Waals surface area contributed by atoms with Crippen molar-refractivity contribution in [2.45, 2.75) is 92.5 Å². The third-order valence-electron chi connectivity index (χ3n) is 1.83. The fourth-order valence-corrected chi connectivity index (χ4v) is 1.40. The van der Waals surface area contributed by atoms with Crippen molar-refractivity contribution in [2.75, 3.05) is 0 Å². The Balaban J connectivity index is -0.000000332. The minimum Gasteiger partial charge on any atom is -0.256 e. The van der Waals surface area contributed by atoms with E-state index in [1.54, 1.807) is 62.3 Å². The SMILES string of the molecule is CC(C)(C)O.CC(C)(C)O.CC(C)(C)O.CCC#C[C]#[W].c1ccc2ncccc2c1. The molecule has 0 atom stereocenters. The molecule has 0 aliphatic rings. The number of pyridine rings is 1. The number of aromatic nitrogens is 1. The fraction of sp³-hybridized carbons (Fsp3) is 0.538. The van der Waals surface area contributed by atoms with E-state index < -0.39 is 16.8 Å². The van der Waals surface area contributed by atoms with Crippen LogP contribution in [0.3, 0.4) is 0 Å². The summed E-state index contributed by atoms with van der Waals surface area (Å²) in [5, 5.41) is 26.8. The molecule has 1 aromatic carbocycles. The second-order valence-electron chi connectivity index (χ2n) is 9.47. The molecule has 0 bridgehead atoms. The number of benzene rings is 1. The molecule has 4 nitrogen and oxygen atoms in total. The standard InChI is InChI=1S/C9H7N.C5H5.3C4H10O.W/c1-2-6-9-8(4-1)5-3-7-10-9;1-3-5-4-2;3*1-4(2,3)5;/h1-7H;3H2,1H3;3*5H,1-3H3;. The van der Waals surface area contributed by atoms with Gasteiger partial charge in [-0.25, -0.2) is 0 Å². The summed E-state index contributed by atoms with van der Waals surface area (Å²) in [6.45, 7) is 17.7. The number of hydrogen-bond donors (Lipinski definition) is 3. The largest absolute Gasteiger partial charge is 0.256 e. The molecule has 175 valence electrons. The summed E-state index contributed by atoms with van der Waals surface area (Å²) in [6.07, 6.45) is 2.75. The Labute approximate surface area is 201 Å². The van der Waals surface area contributed by atoms with E-state index in [0.29, 0.717) is 0 Å². The van der Waals surface area contributed by atoms with Gasteiger partial charge in [-0.15, -0.1) is 0 Å². The molecule has 2 aromatic rings. The van der Waals surface area contributed by atoms with Gasteiger partial charge in [0.05, 0.1) is 22.3 Å². The molecule has 0 aliphatic carbocycles. The van der Waals surface area contributed by atoms with E-state index >= 15 is 0 Å².